The lowest BCUT2D eigenvalue weighted by Gasteiger charge is -2.00. The van der Waals surface area contributed by atoms with Crippen LogP contribution in [0.4, 0.5) is 9.39 Å². The average molecular weight is 261 g/mol. The summed E-state index contributed by atoms with van der Waals surface area (Å²) in [7, 11) is 1.89. The van der Waals surface area contributed by atoms with Crippen molar-refractivity contribution in [2.24, 2.45) is 7.05 Å². The van der Waals surface area contributed by atoms with Gasteiger partial charge in [-0.25, -0.2) is 9.37 Å². The SMILES string of the molecule is Cc1cc(N)sc1-c1nc2ccc(F)cc2n1C. The molecule has 2 heterocycles. The second-order valence-corrected chi connectivity index (χ2v) is 5.37. The van der Waals surface area contributed by atoms with Gasteiger partial charge < -0.3 is 10.3 Å². The fraction of sp³-hybridized carbons (Fsp3) is 0.154. The van der Waals surface area contributed by atoms with Gasteiger partial charge in [0.05, 0.1) is 20.9 Å². The molecule has 0 aliphatic heterocycles. The van der Waals surface area contributed by atoms with E-state index in [2.05, 4.69) is 4.98 Å². The third kappa shape index (κ3) is 1.59. The van der Waals surface area contributed by atoms with E-state index >= 15 is 0 Å². The van der Waals surface area contributed by atoms with Crippen LogP contribution in [-0.2, 0) is 7.05 Å². The van der Waals surface area contributed by atoms with E-state index in [-0.39, 0.29) is 5.82 Å². The molecular formula is C13H12FN3S. The zero-order valence-corrected chi connectivity index (χ0v) is 10.9. The maximum Gasteiger partial charge on any atom is 0.151 e. The fourth-order valence-corrected chi connectivity index (χ4v) is 3.06. The van der Waals surface area contributed by atoms with Crippen molar-refractivity contribution in [3.8, 4) is 10.7 Å². The van der Waals surface area contributed by atoms with Gasteiger partial charge in [0.25, 0.3) is 0 Å². The summed E-state index contributed by atoms with van der Waals surface area (Å²) in [5, 5.41) is 0.765. The van der Waals surface area contributed by atoms with Crippen molar-refractivity contribution in [3.05, 3.63) is 35.6 Å². The number of hydrogen-bond donors (Lipinski definition) is 1. The molecule has 0 radical (unpaired) electrons. The number of aromatic nitrogens is 2. The van der Waals surface area contributed by atoms with E-state index in [1.54, 1.807) is 6.07 Å². The topological polar surface area (TPSA) is 43.8 Å². The molecule has 0 fully saturated rings. The van der Waals surface area contributed by atoms with Gasteiger partial charge in [0.1, 0.15) is 5.82 Å². The molecule has 0 amide bonds. The zero-order chi connectivity index (χ0) is 12.9. The molecule has 5 heteroatoms. The molecule has 1 aromatic carbocycles. The number of rotatable bonds is 1. The number of anilines is 1. The van der Waals surface area contributed by atoms with Crippen LogP contribution in [0.15, 0.2) is 24.3 Å². The summed E-state index contributed by atoms with van der Waals surface area (Å²) in [6.45, 7) is 2.00. The van der Waals surface area contributed by atoms with Gasteiger partial charge in [0.2, 0.25) is 0 Å². The molecule has 0 atom stereocenters. The Kier molecular flexibility index (Phi) is 2.38. The van der Waals surface area contributed by atoms with Gasteiger partial charge in [-0.15, -0.1) is 11.3 Å². The minimum absolute atomic E-state index is 0.250. The van der Waals surface area contributed by atoms with E-state index in [0.717, 1.165) is 32.3 Å². The van der Waals surface area contributed by atoms with Crippen molar-refractivity contribution >= 4 is 27.4 Å². The number of halogens is 1. The molecule has 92 valence electrons. The van der Waals surface area contributed by atoms with Crippen LogP contribution in [-0.4, -0.2) is 9.55 Å². The van der Waals surface area contributed by atoms with E-state index in [1.807, 2.05) is 24.6 Å². The van der Waals surface area contributed by atoms with Crippen LogP contribution in [0, 0.1) is 12.7 Å². The van der Waals surface area contributed by atoms with Crippen LogP contribution >= 0.6 is 11.3 Å². The van der Waals surface area contributed by atoms with Crippen molar-refractivity contribution in [1.82, 2.24) is 9.55 Å². The first-order valence-electron chi connectivity index (χ1n) is 5.54. The third-order valence-corrected chi connectivity index (χ3v) is 4.05. The lowest BCUT2D eigenvalue weighted by molar-refractivity contribution is 0.629. The third-order valence-electron chi connectivity index (χ3n) is 2.98. The van der Waals surface area contributed by atoms with E-state index < -0.39 is 0 Å². The molecule has 0 aliphatic carbocycles. The number of imidazole rings is 1. The number of thiophene rings is 1. The molecule has 0 aliphatic rings. The van der Waals surface area contributed by atoms with Crippen LogP contribution in [0.2, 0.25) is 0 Å². The molecule has 0 spiro atoms. The Labute approximate surface area is 108 Å². The number of nitrogen functional groups attached to an aromatic ring is 1. The Bertz CT molecular complexity index is 742. The summed E-state index contributed by atoms with van der Waals surface area (Å²) < 4.78 is 15.2. The van der Waals surface area contributed by atoms with E-state index in [0.29, 0.717) is 0 Å². The second-order valence-electron chi connectivity index (χ2n) is 4.29. The minimum Gasteiger partial charge on any atom is -0.391 e. The Morgan fingerprint density at radius 3 is 2.78 bits per heavy atom. The van der Waals surface area contributed by atoms with Gasteiger partial charge >= 0.3 is 0 Å². The van der Waals surface area contributed by atoms with Gasteiger partial charge in [0, 0.05) is 7.05 Å². The summed E-state index contributed by atoms with van der Waals surface area (Å²) in [6.07, 6.45) is 0. The minimum atomic E-state index is -0.250. The van der Waals surface area contributed by atoms with E-state index in [4.69, 9.17) is 5.73 Å². The standard InChI is InChI=1S/C13H12FN3S/c1-7-5-11(15)18-12(7)13-16-9-4-3-8(14)6-10(9)17(13)2/h3-6H,15H2,1-2H3. The summed E-state index contributed by atoms with van der Waals surface area (Å²) in [5.41, 5.74) is 8.48. The number of benzene rings is 1. The molecule has 0 unspecified atom stereocenters. The van der Waals surface area contributed by atoms with Crippen molar-refractivity contribution in [2.75, 3.05) is 5.73 Å². The predicted octanol–water partition coefficient (Wildman–Crippen LogP) is 3.33. The van der Waals surface area contributed by atoms with E-state index in [9.17, 15) is 4.39 Å². The molecular weight excluding hydrogens is 249 g/mol. The van der Waals surface area contributed by atoms with Crippen molar-refractivity contribution in [2.45, 2.75) is 6.92 Å². The predicted molar refractivity (Wildman–Crippen MR) is 73.1 cm³/mol. The first kappa shape index (κ1) is 11.2. The van der Waals surface area contributed by atoms with Crippen LogP contribution in [0.1, 0.15) is 5.56 Å². The number of nitrogens with two attached hydrogens (primary N) is 1. The van der Waals surface area contributed by atoms with Gasteiger partial charge in [-0.1, -0.05) is 0 Å². The maximum atomic E-state index is 13.3. The number of hydrogen-bond acceptors (Lipinski definition) is 3. The van der Waals surface area contributed by atoms with Gasteiger partial charge in [0.15, 0.2) is 5.82 Å². The lowest BCUT2D eigenvalue weighted by Crippen LogP contribution is -1.91. The number of nitrogens with zero attached hydrogens (tertiary/aromatic N) is 2. The molecule has 0 saturated carbocycles. The highest BCUT2D eigenvalue weighted by molar-refractivity contribution is 7.19. The molecule has 18 heavy (non-hydrogen) atoms. The lowest BCUT2D eigenvalue weighted by atomic mass is 10.3. The largest absolute Gasteiger partial charge is 0.391 e. The highest BCUT2D eigenvalue weighted by atomic mass is 32.1. The van der Waals surface area contributed by atoms with Gasteiger partial charge in [-0.2, -0.15) is 0 Å². The molecule has 3 aromatic rings. The van der Waals surface area contributed by atoms with Crippen LogP contribution in [0.5, 0.6) is 0 Å². The average Bonchev–Trinajstić information content (AvgIpc) is 2.80. The second kappa shape index (κ2) is 3.81. The molecule has 2 aromatic heterocycles. The monoisotopic (exact) mass is 261 g/mol. The van der Waals surface area contributed by atoms with Crippen molar-refractivity contribution < 1.29 is 4.39 Å². The summed E-state index contributed by atoms with van der Waals surface area (Å²) in [5.74, 6) is 0.578. The van der Waals surface area contributed by atoms with Crippen LogP contribution in [0.3, 0.4) is 0 Å². The Balaban J connectivity index is 2.30. The molecule has 0 saturated heterocycles. The first-order chi connectivity index (χ1) is 8.56. The fourth-order valence-electron chi connectivity index (χ4n) is 2.09. The quantitative estimate of drug-likeness (QED) is 0.730. The Hall–Kier alpha value is -1.88. The zero-order valence-electron chi connectivity index (χ0n) is 10.1. The highest BCUT2D eigenvalue weighted by Crippen LogP contribution is 2.34. The molecule has 0 bridgehead atoms. The van der Waals surface area contributed by atoms with Crippen LogP contribution in [0.25, 0.3) is 21.7 Å². The summed E-state index contributed by atoms with van der Waals surface area (Å²) in [6, 6.07) is 6.55. The number of fused-ring (bicyclic) bond motifs is 1. The summed E-state index contributed by atoms with van der Waals surface area (Å²) in [4.78, 5) is 5.58. The summed E-state index contributed by atoms with van der Waals surface area (Å²) >= 11 is 1.50. The van der Waals surface area contributed by atoms with Crippen molar-refractivity contribution in [1.29, 1.82) is 0 Å². The van der Waals surface area contributed by atoms with Gasteiger partial charge in [-0.05, 0) is 36.8 Å². The Morgan fingerprint density at radius 2 is 2.11 bits per heavy atom. The van der Waals surface area contributed by atoms with Crippen LogP contribution < -0.4 is 5.73 Å². The first-order valence-corrected chi connectivity index (χ1v) is 6.36. The molecule has 3 nitrogen and oxygen atoms in total. The smallest absolute Gasteiger partial charge is 0.151 e. The molecule has 3 rings (SSSR count). The number of aryl methyl sites for hydroxylation is 2. The van der Waals surface area contributed by atoms with E-state index in [1.165, 1.54) is 23.5 Å². The normalized spacial score (nSPS) is 11.3. The Morgan fingerprint density at radius 1 is 1.33 bits per heavy atom. The van der Waals surface area contributed by atoms with Gasteiger partial charge in [-0.3, -0.25) is 0 Å². The van der Waals surface area contributed by atoms with Crippen molar-refractivity contribution in [3.63, 3.8) is 0 Å². The highest BCUT2D eigenvalue weighted by Gasteiger charge is 2.14. The molecule has 2 N–H and O–H groups in total. The maximum absolute atomic E-state index is 13.3.